The highest BCUT2D eigenvalue weighted by Gasteiger charge is 2.13. The zero-order valence-electron chi connectivity index (χ0n) is 10.7. The van der Waals surface area contributed by atoms with Gasteiger partial charge in [-0.15, -0.1) is 11.8 Å². The average Bonchev–Trinajstić information content (AvgIpc) is 2.88. The molecule has 0 saturated heterocycles. The molecule has 19 heavy (non-hydrogen) atoms. The van der Waals surface area contributed by atoms with Crippen LogP contribution in [0.25, 0.3) is 0 Å². The van der Waals surface area contributed by atoms with E-state index in [2.05, 4.69) is 10.3 Å². The lowest BCUT2D eigenvalue weighted by Crippen LogP contribution is -2.05. The molecule has 1 aromatic carbocycles. The van der Waals surface area contributed by atoms with Crippen molar-refractivity contribution >= 4 is 29.4 Å². The van der Waals surface area contributed by atoms with Crippen LogP contribution >= 0.6 is 11.8 Å². The number of anilines is 2. The van der Waals surface area contributed by atoms with Crippen LogP contribution in [0.3, 0.4) is 0 Å². The van der Waals surface area contributed by atoms with Crippen LogP contribution in [0.5, 0.6) is 0 Å². The van der Waals surface area contributed by atoms with Gasteiger partial charge in [0.05, 0.1) is 12.3 Å². The number of ether oxygens (including phenoxy) is 1. The second kappa shape index (κ2) is 6.29. The van der Waals surface area contributed by atoms with Crippen LogP contribution in [0, 0.1) is 0 Å². The van der Waals surface area contributed by atoms with Gasteiger partial charge in [-0.3, -0.25) is 0 Å². The fourth-order valence-electron chi connectivity index (χ4n) is 1.49. The van der Waals surface area contributed by atoms with Gasteiger partial charge in [0.15, 0.2) is 5.69 Å². The zero-order chi connectivity index (χ0) is 13.7. The molecule has 1 heterocycles. The van der Waals surface area contributed by atoms with Crippen molar-refractivity contribution in [3.63, 3.8) is 0 Å². The normalized spacial score (nSPS) is 10.2. The van der Waals surface area contributed by atoms with Crippen LogP contribution < -0.4 is 5.32 Å². The van der Waals surface area contributed by atoms with Crippen molar-refractivity contribution in [1.29, 1.82) is 0 Å². The maximum absolute atomic E-state index is 11.5. The maximum Gasteiger partial charge on any atom is 0.360 e. The van der Waals surface area contributed by atoms with E-state index in [1.54, 1.807) is 18.7 Å². The summed E-state index contributed by atoms with van der Waals surface area (Å²) in [5.74, 6) is -0.488. The highest BCUT2D eigenvalue weighted by Crippen LogP contribution is 2.27. The monoisotopic (exact) mass is 278 g/mol. The minimum atomic E-state index is -0.488. The number of nitrogens with one attached hydrogen (secondary N) is 1. The molecular weight excluding hydrogens is 264 g/mol. The van der Waals surface area contributed by atoms with Gasteiger partial charge in [0.1, 0.15) is 6.26 Å². The number of aromatic nitrogens is 1. The summed E-state index contributed by atoms with van der Waals surface area (Å²) >= 11 is 1.61. The molecule has 0 amide bonds. The highest BCUT2D eigenvalue weighted by molar-refractivity contribution is 7.98. The number of oxazole rings is 1. The van der Waals surface area contributed by atoms with Crippen LogP contribution in [0.4, 0.5) is 11.7 Å². The number of rotatable bonds is 5. The number of nitrogens with zero attached hydrogens (tertiary/aromatic N) is 1. The molecule has 0 aliphatic carbocycles. The molecule has 0 spiro atoms. The lowest BCUT2D eigenvalue weighted by atomic mass is 10.3. The molecule has 6 heteroatoms. The minimum Gasteiger partial charge on any atom is -0.461 e. The van der Waals surface area contributed by atoms with Gasteiger partial charge >= 0.3 is 5.97 Å². The number of benzene rings is 1. The SMILES string of the molecule is CCOC(=O)c1coc(Nc2ccccc2SC)n1. The number of esters is 1. The molecular formula is C13H14N2O3S. The Hall–Kier alpha value is -1.95. The van der Waals surface area contributed by atoms with E-state index < -0.39 is 5.97 Å². The van der Waals surface area contributed by atoms with E-state index in [0.717, 1.165) is 10.6 Å². The molecule has 0 aliphatic rings. The molecule has 1 aromatic heterocycles. The van der Waals surface area contributed by atoms with E-state index in [1.165, 1.54) is 6.26 Å². The number of hydrogen-bond donors (Lipinski definition) is 1. The second-order valence-corrected chi connectivity index (χ2v) is 4.43. The predicted molar refractivity (Wildman–Crippen MR) is 74.0 cm³/mol. The summed E-state index contributed by atoms with van der Waals surface area (Å²) in [7, 11) is 0. The molecule has 5 nitrogen and oxygen atoms in total. The molecule has 0 fully saturated rings. The van der Waals surface area contributed by atoms with Crippen LogP contribution in [0.15, 0.2) is 39.8 Å². The van der Waals surface area contributed by atoms with Crippen molar-refractivity contribution in [2.75, 3.05) is 18.2 Å². The number of para-hydroxylation sites is 1. The molecule has 0 atom stereocenters. The van der Waals surface area contributed by atoms with Gasteiger partial charge in [-0.2, -0.15) is 4.98 Å². The van der Waals surface area contributed by atoms with Gasteiger partial charge in [-0.25, -0.2) is 4.79 Å². The summed E-state index contributed by atoms with van der Waals surface area (Å²) < 4.78 is 10.0. The summed E-state index contributed by atoms with van der Waals surface area (Å²) in [6.45, 7) is 2.05. The van der Waals surface area contributed by atoms with Crippen molar-refractivity contribution < 1.29 is 13.9 Å². The standard InChI is InChI=1S/C13H14N2O3S/c1-3-17-12(16)10-8-18-13(15-10)14-9-6-4-5-7-11(9)19-2/h4-8H,3H2,1-2H3,(H,14,15). The first-order valence-corrected chi connectivity index (χ1v) is 6.99. The third-order valence-electron chi connectivity index (χ3n) is 2.34. The number of carbonyl (C=O) groups is 1. The van der Waals surface area contributed by atoms with E-state index in [-0.39, 0.29) is 11.7 Å². The maximum atomic E-state index is 11.5. The Morgan fingerprint density at radius 1 is 1.47 bits per heavy atom. The molecule has 1 N–H and O–H groups in total. The molecule has 0 unspecified atom stereocenters. The van der Waals surface area contributed by atoms with Gasteiger partial charge in [0, 0.05) is 4.90 Å². The molecule has 0 radical (unpaired) electrons. The van der Waals surface area contributed by atoms with E-state index in [1.807, 2.05) is 30.5 Å². The Morgan fingerprint density at radius 3 is 3.00 bits per heavy atom. The van der Waals surface area contributed by atoms with Crippen LogP contribution in [-0.4, -0.2) is 23.8 Å². The van der Waals surface area contributed by atoms with Gasteiger partial charge in [-0.1, -0.05) is 12.1 Å². The zero-order valence-corrected chi connectivity index (χ0v) is 11.5. The van der Waals surface area contributed by atoms with E-state index in [9.17, 15) is 4.79 Å². The number of carbonyl (C=O) groups excluding carboxylic acids is 1. The predicted octanol–water partition coefficient (Wildman–Crippen LogP) is 3.32. The molecule has 2 rings (SSSR count). The highest BCUT2D eigenvalue weighted by atomic mass is 32.2. The summed E-state index contributed by atoms with van der Waals surface area (Å²) in [4.78, 5) is 16.6. The summed E-state index contributed by atoms with van der Waals surface area (Å²) in [5, 5.41) is 3.03. The molecule has 0 bridgehead atoms. The summed E-state index contributed by atoms with van der Waals surface area (Å²) in [5.41, 5.74) is 1.04. The topological polar surface area (TPSA) is 64.4 Å². The fraction of sp³-hybridized carbons (Fsp3) is 0.231. The van der Waals surface area contributed by atoms with E-state index >= 15 is 0 Å². The Labute approximate surface area is 115 Å². The van der Waals surface area contributed by atoms with Gasteiger partial charge < -0.3 is 14.5 Å². The van der Waals surface area contributed by atoms with Gasteiger partial charge in [0.2, 0.25) is 0 Å². The first-order chi connectivity index (χ1) is 9.24. The Balaban J connectivity index is 2.13. The quantitative estimate of drug-likeness (QED) is 0.668. The summed E-state index contributed by atoms with van der Waals surface area (Å²) in [6.07, 6.45) is 3.27. The molecule has 2 aromatic rings. The average molecular weight is 278 g/mol. The van der Waals surface area contributed by atoms with Crippen molar-refractivity contribution in [1.82, 2.24) is 4.98 Å². The van der Waals surface area contributed by atoms with Crippen molar-refractivity contribution in [3.8, 4) is 0 Å². The largest absolute Gasteiger partial charge is 0.461 e. The molecule has 0 aliphatic heterocycles. The lowest BCUT2D eigenvalue weighted by Gasteiger charge is -2.06. The Bertz CT molecular complexity index is 569. The van der Waals surface area contributed by atoms with Gasteiger partial charge in [-0.05, 0) is 25.3 Å². The van der Waals surface area contributed by atoms with Crippen LogP contribution in [0.2, 0.25) is 0 Å². The van der Waals surface area contributed by atoms with Crippen molar-refractivity contribution in [2.24, 2.45) is 0 Å². The minimum absolute atomic E-state index is 0.158. The van der Waals surface area contributed by atoms with Crippen LogP contribution in [0.1, 0.15) is 17.4 Å². The third kappa shape index (κ3) is 3.29. The van der Waals surface area contributed by atoms with Crippen LogP contribution in [-0.2, 0) is 4.74 Å². The smallest absolute Gasteiger partial charge is 0.360 e. The van der Waals surface area contributed by atoms with Crippen molar-refractivity contribution in [3.05, 3.63) is 36.2 Å². The Morgan fingerprint density at radius 2 is 2.26 bits per heavy atom. The fourth-order valence-corrected chi connectivity index (χ4v) is 2.05. The first-order valence-electron chi connectivity index (χ1n) is 5.77. The third-order valence-corrected chi connectivity index (χ3v) is 3.13. The van der Waals surface area contributed by atoms with Gasteiger partial charge in [0.25, 0.3) is 6.01 Å². The van der Waals surface area contributed by atoms with E-state index in [4.69, 9.17) is 9.15 Å². The first kappa shape index (κ1) is 13.5. The van der Waals surface area contributed by atoms with E-state index in [0.29, 0.717) is 6.61 Å². The Kier molecular flexibility index (Phi) is 4.46. The van der Waals surface area contributed by atoms with Crippen molar-refractivity contribution in [2.45, 2.75) is 11.8 Å². The number of thioether (sulfide) groups is 1. The lowest BCUT2D eigenvalue weighted by molar-refractivity contribution is 0.0519. The summed E-state index contributed by atoms with van der Waals surface area (Å²) in [6, 6.07) is 8.04. The second-order valence-electron chi connectivity index (χ2n) is 3.58. The molecule has 0 saturated carbocycles. The molecule has 100 valence electrons. The number of hydrogen-bond acceptors (Lipinski definition) is 6.